The smallest absolute Gasteiger partial charge is 0.459 e. The summed E-state index contributed by atoms with van der Waals surface area (Å²) in [6.07, 6.45) is -4.23. The van der Waals surface area contributed by atoms with Gasteiger partial charge in [0.05, 0.1) is 13.7 Å². The van der Waals surface area contributed by atoms with Crippen LogP contribution in [0, 0.1) is 24.5 Å². The second-order valence-electron chi connectivity index (χ2n) is 13.0. The number of nitrogens with one attached hydrogen (secondary N) is 1. The normalized spacial score (nSPS) is 21.9. The Morgan fingerprint density at radius 2 is 1.87 bits per heavy atom. The maximum absolute atomic E-state index is 14.8. The molecule has 0 saturated carbocycles. The molecule has 0 aliphatic carbocycles. The van der Waals surface area contributed by atoms with Gasteiger partial charge in [0.25, 0.3) is 0 Å². The van der Waals surface area contributed by atoms with Gasteiger partial charge in [-0.3, -0.25) is 13.9 Å². The van der Waals surface area contributed by atoms with Gasteiger partial charge in [-0.15, -0.1) is 0 Å². The van der Waals surface area contributed by atoms with Crippen LogP contribution in [0.25, 0.3) is 21.9 Å². The molecular weight excluding hydrogens is 717 g/mol. The van der Waals surface area contributed by atoms with Crippen molar-refractivity contribution in [2.75, 3.05) is 19.5 Å². The van der Waals surface area contributed by atoms with E-state index in [0.717, 1.165) is 17.5 Å². The number of ether oxygens (including phenoxy) is 3. The molecule has 6 atom stereocenters. The number of fused-ring (bicyclic) bond motifs is 2. The zero-order valence-corrected chi connectivity index (χ0v) is 30.3. The minimum atomic E-state index is -4.61. The van der Waals surface area contributed by atoms with E-state index in [1.165, 1.54) is 18.6 Å². The fourth-order valence-electron chi connectivity index (χ4n) is 6.04. The predicted molar refractivity (Wildman–Crippen MR) is 188 cm³/mol. The summed E-state index contributed by atoms with van der Waals surface area (Å²) in [5.74, 6) is -2.77. The molecular formula is C35H39F2N6O9P. The first-order valence-electron chi connectivity index (χ1n) is 16.5. The molecule has 1 fully saturated rings. The number of nitrogens with two attached hydrogens (primary N) is 1. The van der Waals surface area contributed by atoms with E-state index in [2.05, 4.69) is 20.0 Å². The zero-order valence-electron chi connectivity index (χ0n) is 29.4. The standard InChI is InChI=1S/C35H39F2N6O9P/c1-18(2)27(32(45)49-16-21-13-14-22(36)15-24(21)37)42-53(47,52-25-12-8-10-20-9-6-7-11-23(20)25)50-17-26-29(44)35(4,46)33(51-26)43-19(3)39-28-30(43)40-34(38)41-31(28)48-5/h6-15,18,26-27,29,33,44,46H,16-17H2,1-5H3,(H,42,47)(H2,38,40,41). The van der Waals surface area contributed by atoms with Gasteiger partial charge in [-0.05, 0) is 43.4 Å². The number of nitrogens with zero attached hydrogens (tertiary/aromatic N) is 4. The first-order valence-corrected chi connectivity index (χ1v) is 18.1. The number of anilines is 1. The van der Waals surface area contributed by atoms with E-state index in [1.54, 1.807) is 45.0 Å². The Kier molecular flexibility index (Phi) is 10.7. The van der Waals surface area contributed by atoms with Crippen LogP contribution in [0.5, 0.6) is 11.6 Å². The molecule has 0 amide bonds. The van der Waals surface area contributed by atoms with Crippen LogP contribution in [0.4, 0.5) is 14.7 Å². The predicted octanol–water partition coefficient (Wildman–Crippen LogP) is 4.73. The number of rotatable bonds is 13. The van der Waals surface area contributed by atoms with Crippen molar-refractivity contribution >= 4 is 41.6 Å². The summed E-state index contributed by atoms with van der Waals surface area (Å²) in [5, 5.41) is 27.0. The van der Waals surface area contributed by atoms with Gasteiger partial charge in [-0.25, -0.2) is 18.3 Å². The molecule has 3 aromatic carbocycles. The van der Waals surface area contributed by atoms with Gasteiger partial charge in [0, 0.05) is 17.0 Å². The van der Waals surface area contributed by atoms with E-state index < -0.39 is 74.6 Å². The third-order valence-corrected chi connectivity index (χ3v) is 10.4. The summed E-state index contributed by atoms with van der Waals surface area (Å²) in [6, 6.07) is 13.7. The van der Waals surface area contributed by atoms with Crippen LogP contribution in [0.2, 0.25) is 0 Å². The molecule has 0 radical (unpaired) electrons. The number of methoxy groups -OCH3 is 1. The quantitative estimate of drug-likeness (QED) is 0.0949. The van der Waals surface area contributed by atoms with Crippen molar-refractivity contribution in [3.8, 4) is 11.6 Å². The van der Waals surface area contributed by atoms with Gasteiger partial charge >= 0.3 is 13.7 Å². The number of nitrogen functional groups attached to an aromatic ring is 1. The van der Waals surface area contributed by atoms with Gasteiger partial charge in [-0.1, -0.05) is 50.2 Å². The third-order valence-electron chi connectivity index (χ3n) is 8.86. The Labute approximate surface area is 302 Å². The second kappa shape index (κ2) is 14.9. The van der Waals surface area contributed by atoms with Crippen LogP contribution in [0.1, 0.15) is 38.4 Å². The lowest BCUT2D eigenvalue weighted by atomic mass is 9.96. The molecule has 282 valence electrons. The lowest BCUT2D eigenvalue weighted by Crippen LogP contribution is -2.45. The Hall–Kier alpha value is -4.77. The molecule has 2 aromatic heterocycles. The average molecular weight is 757 g/mol. The lowest BCUT2D eigenvalue weighted by Gasteiger charge is -2.28. The number of hydrogen-bond acceptors (Lipinski definition) is 13. The maximum atomic E-state index is 14.8. The van der Waals surface area contributed by atoms with Crippen molar-refractivity contribution < 1.29 is 51.6 Å². The first-order chi connectivity index (χ1) is 25.1. The monoisotopic (exact) mass is 756 g/mol. The highest BCUT2D eigenvalue weighted by atomic mass is 31.2. The van der Waals surface area contributed by atoms with E-state index in [1.807, 2.05) is 18.2 Å². The number of aryl methyl sites for hydroxylation is 1. The first kappa shape index (κ1) is 38.0. The van der Waals surface area contributed by atoms with E-state index >= 15 is 0 Å². The van der Waals surface area contributed by atoms with E-state index in [9.17, 15) is 28.4 Å². The molecule has 0 spiro atoms. The van der Waals surface area contributed by atoms with Gasteiger partial charge in [0.15, 0.2) is 17.4 Å². The summed E-state index contributed by atoms with van der Waals surface area (Å²) in [5.41, 5.74) is 4.25. The molecule has 0 bridgehead atoms. The van der Waals surface area contributed by atoms with E-state index in [-0.39, 0.29) is 34.3 Å². The highest BCUT2D eigenvalue weighted by Crippen LogP contribution is 2.49. The van der Waals surface area contributed by atoms with Crippen molar-refractivity contribution in [3.05, 3.63) is 83.7 Å². The topological polar surface area (TPSA) is 202 Å². The Balaban J connectivity index is 1.29. The number of aliphatic hydroxyl groups excluding tert-OH is 1. The molecule has 6 rings (SSSR count). The van der Waals surface area contributed by atoms with Crippen molar-refractivity contribution in [3.63, 3.8) is 0 Å². The van der Waals surface area contributed by atoms with Gasteiger partial charge in [-0.2, -0.15) is 15.1 Å². The lowest BCUT2D eigenvalue weighted by molar-refractivity contribution is -0.148. The Morgan fingerprint density at radius 3 is 2.58 bits per heavy atom. The maximum Gasteiger partial charge on any atom is 0.459 e. The van der Waals surface area contributed by atoms with E-state index in [0.29, 0.717) is 17.3 Å². The van der Waals surface area contributed by atoms with Crippen molar-refractivity contribution in [1.29, 1.82) is 0 Å². The summed E-state index contributed by atoms with van der Waals surface area (Å²) in [6.45, 7) is 5.11. The van der Waals surface area contributed by atoms with Crippen LogP contribution in [0.15, 0.2) is 60.7 Å². The summed E-state index contributed by atoms with van der Waals surface area (Å²) in [7, 11) is -3.22. The number of esters is 1. The molecule has 6 unspecified atom stereocenters. The Morgan fingerprint density at radius 1 is 1.13 bits per heavy atom. The molecule has 1 saturated heterocycles. The van der Waals surface area contributed by atoms with Crippen molar-refractivity contribution in [2.45, 2.75) is 64.4 Å². The molecule has 1 aliphatic rings. The Bertz CT molecular complexity index is 2200. The number of benzene rings is 3. The summed E-state index contributed by atoms with van der Waals surface area (Å²) < 4.78 is 72.7. The van der Waals surface area contributed by atoms with Crippen molar-refractivity contribution in [1.82, 2.24) is 24.6 Å². The molecule has 3 heterocycles. The van der Waals surface area contributed by atoms with Gasteiger partial charge in [0.2, 0.25) is 11.8 Å². The molecule has 53 heavy (non-hydrogen) atoms. The highest BCUT2D eigenvalue weighted by Gasteiger charge is 2.55. The highest BCUT2D eigenvalue weighted by molar-refractivity contribution is 7.52. The number of halogens is 2. The zero-order chi connectivity index (χ0) is 38.2. The van der Waals surface area contributed by atoms with Crippen molar-refractivity contribution in [2.24, 2.45) is 5.92 Å². The minimum absolute atomic E-state index is 0.0730. The number of aromatic nitrogens is 4. The number of imidazole rings is 1. The van der Waals surface area contributed by atoms with Crippen LogP contribution in [-0.4, -0.2) is 73.3 Å². The number of aliphatic hydroxyl groups is 2. The molecule has 15 nitrogen and oxygen atoms in total. The fourth-order valence-corrected chi connectivity index (χ4v) is 7.72. The largest absolute Gasteiger partial charge is 0.479 e. The van der Waals surface area contributed by atoms with Crippen LogP contribution < -0.4 is 20.1 Å². The molecule has 18 heteroatoms. The molecule has 5 N–H and O–H groups in total. The number of carbonyl (C=O) groups is 1. The van der Waals surface area contributed by atoms with Crippen LogP contribution in [-0.2, 0) is 30.0 Å². The van der Waals surface area contributed by atoms with E-state index in [4.69, 9.17) is 29.0 Å². The number of hydrogen-bond donors (Lipinski definition) is 4. The molecule has 1 aliphatic heterocycles. The van der Waals surface area contributed by atoms with Gasteiger partial charge < -0.3 is 34.7 Å². The average Bonchev–Trinajstić information content (AvgIpc) is 3.55. The number of carbonyl (C=O) groups excluding carboxylic acids is 1. The fraction of sp³-hybridized carbons (Fsp3) is 0.371. The molecule has 5 aromatic rings. The van der Waals surface area contributed by atoms with Crippen LogP contribution >= 0.6 is 7.75 Å². The minimum Gasteiger partial charge on any atom is -0.479 e. The van der Waals surface area contributed by atoms with Gasteiger partial charge in [0.1, 0.15) is 53.7 Å². The summed E-state index contributed by atoms with van der Waals surface area (Å²) in [4.78, 5) is 26.2. The second-order valence-corrected chi connectivity index (χ2v) is 14.7. The SMILES string of the molecule is COc1nc(N)nc2c1nc(C)n2C1OC(COP(=O)(NC(C(=O)OCc2ccc(F)cc2F)C(C)C)Oc2cccc3ccccc23)C(O)C1(C)O. The summed E-state index contributed by atoms with van der Waals surface area (Å²) >= 11 is 0. The third kappa shape index (κ3) is 7.67. The van der Waals surface area contributed by atoms with Crippen LogP contribution in [0.3, 0.4) is 0 Å².